The largest absolute Gasteiger partial charge is 0.370 e. The van der Waals surface area contributed by atoms with E-state index >= 15 is 0 Å². The van der Waals surface area contributed by atoms with Crippen molar-refractivity contribution in [2.75, 3.05) is 32.0 Å². The van der Waals surface area contributed by atoms with Gasteiger partial charge < -0.3 is 16.0 Å². The molecule has 3 N–H and O–H groups in total. The van der Waals surface area contributed by atoms with Crippen LogP contribution in [0.3, 0.4) is 0 Å². The topological polar surface area (TPSA) is 79.2 Å². The molecule has 7 heteroatoms. The predicted molar refractivity (Wildman–Crippen MR) is 119 cm³/mol. The summed E-state index contributed by atoms with van der Waals surface area (Å²) in [7, 11) is 1.80. The zero-order valence-corrected chi connectivity index (χ0v) is 16.9. The Kier molecular flexibility index (Phi) is 8.07. The molecule has 7 nitrogen and oxygen atoms in total. The van der Waals surface area contributed by atoms with Gasteiger partial charge in [0.15, 0.2) is 5.96 Å². The molecule has 0 radical (unpaired) electrons. The number of hydrogen-bond acceptors (Lipinski definition) is 4. The van der Waals surface area contributed by atoms with Crippen LogP contribution in [0.1, 0.15) is 18.4 Å². The highest BCUT2D eigenvalue weighted by molar-refractivity contribution is 5.79. The monoisotopic (exact) mass is 391 g/mol. The second-order valence-corrected chi connectivity index (χ2v) is 6.64. The fourth-order valence-corrected chi connectivity index (χ4v) is 2.92. The van der Waals surface area contributed by atoms with Gasteiger partial charge in [0, 0.05) is 45.3 Å². The summed E-state index contributed by atoms with van der Waals surface area (Å²) >= 11 is 0. The quantitative estimate of drug-likeness (QED) is 0.281. The Balaban J connectivity index is 1.28. The Hall–Kier alpha value is -3.35. The first-order chi connectivity index (χ1) is 14.3. The molecule has 29 heavy (non-hydrogen) atoms. The maximum Gasteiger partial charge on any atom is 0.190 e. The van der Waals surface area contributed by atoms with Gasteiger partial charge in [-0.05, 0) is 55.2 Å². The van der Waals surface area contributed by atoms with Crippen molar-refractivity contribution in [3.63, 3.8) is 0 Å². The molecule has 3 rings (SSSR count). The first-order valence-electron chi connectivity index (χ1n) is 10.0. The lowest BCUT2D eigenvalue weighted by Gasteiger charge is -2.12. The zero-order valence-electron chi connectivity index (χ0n) is 16.9. The molecule has 0 bridgehead atoms. The highest BCUT2D eigenvalue weighted by atomic mass is 15.3. The molecule has 3 aromatic rings. The van der Waals surface area contributed by atoms with Crippen LogP contribution in [0.15, 0.2) is 72.1 Å². The van der Waals surface area contributed by atoms with Crippen LogP contribution in [0.4, 0.5) is 5.82 Å². The van der Waals surface area contributed by atoms with Crippen LogP contribution in [-0.4, -0.2) is 47.4 Å². The van der Waals surface area contributed by atoms with Gasteiger partial charge in [-0.25, -0.2) is 9.67 Å². The lowest BCUT2D eigenvalue weighted by Crippen LogP contribution is -2.38. The molecule has 0 spiro atoms. The maximum absolute atomic E-state index is 4.29. The van der Waals surface area contributed by atoms with Gasteiger partial charge in [-0.3, -0.25) is 4.99 Å². The van der Waals surface area contributed by atoms with Crippen molar-refractivity contribution in [3.05, 3.63) is 72.7 Å². The molecule has 0 amide bonds. The summed E-state index contributed by atoms with van der Waals surface area (Å²) in [5, 5.41) is 14.3. The fourth-order valence-electron chi connectivity index (χ4n) is 2.92. The van der Waals surface area contributed by atoms with Crippen molar-refractivity contribution >= 4 is 11.8 Å². The van der Waals surface area contributed by atoms with Gasteiger partial charge in [0.25, 0.3) is 0 Å². The minimum absolute atomic E-state index is 0.835. The van der Waals surface area contributed by atoms with Gasteiger partial charge >= 0.3 is 0 Å². The summed E-state index contributed by atoms with van der Waals surface area (Å²) in [5.41, 5.74) is 2.35. The Morgan fingerprint density at radius 2 is 1.76 bits per heavy atom. The molecule has 0 aliphatic rings. The third kappa shape index (κ3) is 6.95. The van der Waals surface area contributed by atoms with Crippen molar-refractivity contribution in [2.24, 2.45) is 4.99 Å². The third-order valence-corrected chi connectivity index (χ3v) is 4.50. The van der Waals surface area contributed by atoms with E-state index in [1.54, 1.807) is 19.4 Å². The van der Waals surface area contributed by atoms with Crippen molar-refractivity contribution in [1.82, 2.24) is 25.4 Å². The zero-order chi connectivity index (χ0) is 20.2. The van der Waals surface area contributed by atoms with E-state index in [1.807, 2.05) is 35.1 Å². The molecular weight excluding hydrogens is 362 g/mol. The molecule has 152 valence electrons. The van der Waals surface area contributed by atoms with Gasteiger partial charge in [0.2, 0.25) is 0 Å². The van der Waals surface area contributed by atoms with Crippen LogP contribution in [0.5, 0.6) is 0 Å². The predicted octanol–water partition coefficient (Wildman–Crippen LogP) is 2.87. The summed E-state index contributed by atoms with van der Waals surface area (Å²) in [4.78, 5) is 8.54. The molecule has 0 saturated carbocycles. The molecule has 2 heterocycles. The van der Waals surface area contributed by atoms with Crippen LogP contribution >= 0.6 is 0 Å². The number of guanidine groups is 1. The van der Waals surface area contributed by atoms with E-state index in [9.17, 15) is 0 Å². The first kappa shape index (κ1) is 20.4. The smallest absolute Gasteiger partial charge is 0.190 e. The summed E-state index contributed by atoms with van der Waals surface area (Å²) in [6, 6.07) is 16.3. The average molecular weight is 392 g/mol. The molecule has 1 aromatic carbocycles. The van der Waals surface area contributed by atoms with Gasteiger partial charge in [-0.1, -0.05) is 18.2 Å². The van der Waals surface area contributed by atoms with Crippen molar-refractivity contribution in [2.45, 2.75) is 19.3 Å². The second kappa shape index (κ2) is 11.5. The molecular formula is C22H29N7. The number of aromatic nitrogens is 3. The summed E-state index contributed by atoms with van der Waals surface area (Å²) in [6.45, 7) is 2.64. The van der Waals surface area contributed by atoms with E-state index in [4.69, 9.17) is 0 Å². The van der Waals surface area contributed by atoms with Crippen LogP contribution in [0.25, 0.3) is 5.69 Å². The van der Waals surface area contributed by atoms with Crippen LogP contribution in [-0.2, 0) is 6.42 Å². The van der Waals surface area contributed by atoms with E-state index < -0.39 is 0 Å². The summed E-state index contributed by atoms with van der Waals surface area (Å²) in [6.07, 6.45) is 8.61. The molecule has 2 aromatic heterocycles. The second-order valence-electron chi connectivity index (χ2n) is 6.64. The van der Waals surface area contributed by atoms with E-state index in [-0.39, 0.29) is 0 Å². The Morgan fingerprint density at radius 3 is 2.48 bits per heavy atom. The van der Waals surface area contributed by atoms with E-state index in [1.165, 1.54) is 5.56 Å². The van der Waals surface area contributed by atoms with Gasteiger partial charge in [0.1, 0.15) is 5.82 Å². The standard InChI is InChI=1S/C22H29N7/c1-23-22(26-15-5-4-14-25-21-7-2-3-13-24-21)27-17-12-19-8-10-20(11-9-19)29-18-6-16-28-29/h2-3,6-11,13,16,18H,4-5,12,14-15,17H2,1H3,(H,24,25)(H2,23,26,27). The average Bonchev–Trinajstić information content (AvgIpc) is 3.31. The van der Waals surface area contributed by atoms with Crippen LogP contribution in [0, 0.1) is 0 Å². The number of nitrogens with zero attached hydrogens (tertiary/aromatic N) is 4. The van der Waals surface area contributed by atoms with E-state index in [0.717, 1.165) is 56.4 Å². The first-order valence-corrected chi connectivity index (χ1v) is 10.0. The fraction of sp³-hybridized carbons (Fsp3) is 0.318. The number of hydrogen-bond donors (Lipinski definition) is 3. The van der Waals surface area contributed by atoms with Gasteiger partial charge in [-0.2, -0.15) is 5.10 Å². The van der Waals surface area contributed by atoms with Crippen LogP contribution in [0.2, 0.25) is 0 Å². The number of aliphatic imine (C=N–C) groups is 1. The van der Waals surface area contributed by atoms with Gasteiger partial charge in [0.05, 0.1) is 5.69 Å². The lowest BCUT2D eigenvalue weighted by atomic mass is 10.1. The Bertz CT molecular complexity index is 843. The Morgan fingerprint density at radius 1 is 0.931 bits per heavy atom. The van der Waals surface area contributed by atoms with Crippen molar-refractivity contribution in [1.29, 1.82) is 0 Å². The number of nitrogens with one attached hydrogen (secondary N) is 3. The molecule has 0 aliphatic carbocycles. The van der Waals surface area contributed by atoms with Crippen molar-refractivity contribution < 1.29 is 0 Å². The van der Waals surface area contributed by atoms with Crippen LogP contribution < -0.4 is 16.0 Å². The molecule has 0 unspecified atom stereocenters. The number of unbranched alkanes of at least 4 members (excludes halogenated alkanes) is 1. The maximum atomic E-state index is 4.29. The summed E-state index contributed by atoms with van der Waals surface area (Å²) < 4.78 is 1.86. The minimum atomic E-state index is 0.835. The number of pyridine rings is 1. The molecule has 0 aliphatic heterocycles. The molecule has 0 atom stereocenters. The third-order valence-electron chi connectivity index (χ3n) is 4.50. The Labute approximate surface area is 172 Å². The number of anilines is 1. The number of rotatable bonds is 10. The molecule has 0 fully saturated rings. The molecule has 0 saturated heterocycles. The van der Waals surface area contributed by atoms with E-state index in [2.05, 4.69) is 55.3 Å². The normalized spacial score (nSPS) is 11.3. The van der Waals surface area contributed by atoms with Crippen molar-refractivity contribution in [3.8, 4) is 5.69 Å². The SMILES string of the molecule is CN=C(NCCCCNc1ccccn1)NCCc1ccc(-n2cccn2)cc1. The minimum Gasteiger partial charge on any atom is -0.370 e. The van der Waals surface area contributed by atoms with E-state index in [0.29, 0.717) is 0 Å². The summed E-state index contributed by atoms with van der Waals surface area (Å²) in [5.74, 6) is 1.77. The van der Waals surface area contributed by atoms with Gasteiger partial charge in [-0.15, -0.1) is 0 Å². The highest BCUT2D eigenvalue weighted by Gasteiger charge is 2.00. The highest BCUT2D eigenvalue weighted by Crippen LogP contribution is 2.08. The lowest BCUT2D eigenvalue weighted by molar-refractivity contribution is 0.710. The number of benzene rings is 1.